The predicted molar refractivity (Wildman–Crippen MR) is 67.2 cm³/mol. The highest BCUT2D eigenvalue weighted by molar-refractivity contribution is 5.78. The molecule has 1 aromatic carbocycles. The van der Waals surface area contributed by atoms with Gasteiger partial charge in [-0.25, -0.2) is 4.39 Å². The summed E-state index contributed by atoms with van der Waals surface area (Å²) in [6.45, 7) is 1.37. The highest BCUT2D eigenvalue weighted by Crippen LogP contribution is 2.16. The third-order valence-electron chi connectivity index (χ3n) is 3.21. The van der Waals surface area contributed by atoms with Crippen LogP contribution in [-0.4, -0.2) is 41.4 Å². The molecule has 5 nitrogen and oxygen atoms in total. The van der Waals surface area contributed by atoms with Gasteiger partial charge >= 0.3 is 0 Å². The minimum absolute atomic E-state index is 0.0146. The number of halogens is 1. The molecular formula is C13H17FN2O3. The topological polar surface area (TPSA) is 81.6 Å². The lowest BCUT2D eigenvalue weighted by molar-refractivity contribution is -0.121. The van der Waals surface area contributed by atoms with Gasteiger partial charge in [-0.05, 0) is 30.7 Å². The molecule has 1 aliphatic heterocycles. The maximum atomic E-state index is 13.1. The number of rotatable bonds is 4. The van der Waals surface area contributed by atoms with Crippen LogP contribution >= 0.6 is 0 Å². The zero-order valence-corrected chi connectivity index (χ0v) is 10.4. The number of carbonyl (C=O) groups excluding carboxylic acids is 1. The molecule has 19 heavy (non-hydrogen) atoms. The van der Waals surface area contributed by atoms with Crippen molar-refractivity contribution in [1.29, 1.82) is 0 Å². The SMILES string of the molecule is O=C(Cc1ccc(O)c(F)c1)NCC1(O)CCNC1. The minimum Gasteiger partial charge on any atom is -0.505 e. The number of nitrogens with one attached hydrogen (secondary N) is 2. The molecular weight excluding hydrogens is 251 g/mol. The van der Waals surface area contributed by atoms with Crippen molar-refractivity contribution >= 4 is 5.91 Å². The molecule has 0 saturated carbocycles. The number of phenols is 1. The highest BCUT2D eigenvalue weighted by atomic mass is 19.1. The molecule has 1 heterocycles. The molecule has 1 aliphatic rings. The van der Waals surface area contributed by atoms with Gasteiger partial charge in [-0.3, -0.25) is 4.79 Å². The fourth-order valence-electron chi connectivity index (χ4n) is 2.05. The summed E-state index contributed by atoms with van der Waals surface area (Å²) in [6.07, 6.45) is 0.613. The molecule has 104 valence electrons. The van der Waals surface area contributed by atoms with Gasteiger partial charge in [0.05, 0.1) is 12.0 Å². The van der Waals surface area contributed by atoms with E-state index in [1.807, 2.05) is 0 Å². The fraction of sp³-hybridized carbons (Fsp3) is 0.462. The molecule has 1 atom stereocenters. The normalized spacial score (nSPS) is 22.4. The van der Waals surface area contributed by atoms with Crippen molar-refractivity contribution in [3.63, 3.8) is 0 Å². The van der Waals surface area contributed by atoms with Crippen molar-refractivity contribution in [3.8, 4) is 5.75 Å². The van der Waals surface area contributed by atoms with Crippen molar-refractivity contribution < 1.29 is 19.4 Å². The molecule has 4 N–H and O–H groups in total. The number of phenolic OH excluding ortho intramolecular Hbond substituents is 1. The Bertz CT molecular complexity index is 473. The van der Waals surface area contributed by atoms with Gasteiger partial charge in [-0.2, -0.15) is 0 Å². The molecule has 0 spiro atoms. The standard InChI is InChI=1S/C13H17FN2O3/c14-10-5-9(1-2-11(10)17)6-12(18)16-8-13(19)3-4-15-7-13/h1-2,5,15,17,19H,3-4,6-8H2,(H,16,18). The number of benzene rings is 1. The van der Waals surface area contributed by atoms with Crippen molar-refractivity contribution in [3.05, 3.63) is 29.6 Å². The quantitative estimate of drug-likeness (QED) is 0.615. The third kappa shape index (κ3) is 3.65. The average molecular weight is 268 g/mol. The number of aromatic hydroxyl groups is 1. The van der Waals surface area contributed by atoms with Gasteiger partial charge in [0.1, 0.15) is 0 Å². The maximum Gasteiger partial charge on any atom is 0.224 e. The van der Waals surface area contributed by atoms with Gasteiger partial charge in [-0.15, -0.1) is 0 Å². The summed E-state index contributed by atoms with van der Waals surface area (Å²) < 4.78 is 13.1. The zero-order chi connectivity index (χ0) is 13.9. The predicted octanol–water partition coefficient (Wildman–Crippen LogP) is -0.0856. The highest BCUT2D eigenvalue weighted by Gasteiger charge is 2.31. The summed E-state index contributed by atoms with van der Waals surface area (Å²) in [5.41, 5.74) is -0.417. The van der Waals surface area contributed by atoms with Crippen LogP contribution in [-0.2, 0) is 11.2 Å². The zero-order valence-electron chi connectivity index (χ0n) is 10.4. The van der Waals surface area contributed by atoms with Crippen LogP contribution in [0.3, 0.4) is 0 Å². The molecule has 1 amide bonds. The Morgan fingerprint density at radius 3 is 2.95 bits per heavy atom. The monoisotopic (exact) mass is 268 g/mol. The Morgan fingerprint density at radius 1 is 1.53 bits per heavy atom. The molecule has 1 unspecified atom stereocenters. The molecule has 1 saturated heterocycles. The smallest absolute Gasteiger partial charge is 0.224 e. The van der Waals surface area contributed by atoms with E-state index in [-0.39, 0.29) is 18.9 Å². The summed E-state index contributed by atoms with van der Waals surface area (Å²) in [5.74, 6) is -1.47. The van der Waals surface area contributed by atoms with Crippen LogP contribution in [0.5, 0.6) is 5.75 Å². The van der Waals surface area contributed by atoms with E-state index in [1.165, 1.54) is 12.1 Å². The van der Waals surface area contributed by atoms with Crippen LogP contribution in [0.4, 0.5) is 4.39 Å². The molecule has 0 aliphatic carbocycles. The van der Waals surface area contributed by atoms with Crippen molar-refractivity contribution in [2.24, 2.45) is 0 Å². The molecule has 1 fully saturated rings. The molecule has 2 rings (SSSR count). The molecule has 1 aromatic rings. The summed E-state index contributed by atoms with van der Waals surface area (Å²) in [4.78, 5) is 11.7. The Morgan fingerprint density at radius 2 is 2.32 bits per heavy atom. The summed E-state index contributed by atoms with van der Waals surface area (Å²) in [5, 5.41) is 24.7. The van der Waals surface area contributed by atoms with Gasteiger partial charge in [0.2, 0.25) is 5.91 Å². The Balaban J connectivity index is 1.85. The van der Waals surface area contributed by atoms with E-state index in [4.69, 9.17) is 5.11 Å². The van der Waals surface area contributed by atoms with E-state index >= 15 is 0 Å². The number of hydrogen-bond acceptors (Lipinski definition) is 4. The molecule has 6 heteroatoms. The van der Waals surface area contributed by atoms with Crippen LogP contribution < -0.4 is 10.6 Å². The van der Waals surface area contributed by atoms with E-state index in [2.05, 4.69) is 10.6 Å². The van der Waals surface area contributed by atoms with E-state index in [1.54, 1.807) is 0 Å². The maximum absolute atomic E-state index is 13.1. The van der Waals surface area contributed by atoms with Gasteiger partial charge in [-0.1, -0.05) is 6.07 Å². The third-order valence-corrected chi connectivity index (χ3v) is 3.21. The first-order valence-corrected chi connectivity index (χ1v) is 6.16. The van der Waals surface area contributed by atoms with E-state index in [9.17, 15) is 14.3 Å². The van der Waals surface area contributed by atoms with Gasteiger partial charge in [0.15, 0.2) is 11.6 Å². The summed E-state index contributed by atoms with van der Waals surface area (Å²) in [7, 11) is 0. The van der Waals surface area contributed by atoms with Gasteiger partial charge < -0.3 is 20.8 Å². The van der Waals surface area contributed by atoms with Crippen LogP contribution in [0.2, 0.25) is 0 Å². The lowest BCUT2D eigenvalue weighted by Gasteiger charge is -2.21. The first-order valence-electron chi connectivity index (χ1n) is 6.16. The second kappa shape index (κ2) is 5.54. The average Bonchev–Trinajstić information content (AvgIpc) is 2.79. The Labute approximate surface area is 110 Å². The van der Waals surface area contributed by atoms with E-state index in [0.29, 0.717) is 18.5 Å². The minimum atomic E-state index is -0.893. The lowest BCUT2D eigenvalue weighted by Crippen LogP contribution is -2.44. The first kappa shape index (κ1) is 13.8. The molecule has 0 bridgehead atoms. The number of β-amino-alcohol motifs (C(OH)–C–C–N with tert-alkyl or cyclic N) is 1. The van der Waals surface area contributed by atoms with Gasteiger partial charge in [0.25, 0.3) is 0 Å². The molecule has 0 aromatic heterocycles. The number of hydrogen-bond donors (Lipinski definition) is 4. The second-order valence-electron chi connectivity index (χ2n) is 4.89. The van der Waals surface area contributed by atoms with E-state index < -0.39 is 17.2 Å². The number of carbonyl (C=O) groups is 1. The largest absolute Gasteiger partial charge is 0.505 e. The number of amides is 1. The number of aliphatic hydroxyl groups is 1. The van der Waals surface area contributed by atoms with Crippen LogP contribution in [0.25, 0.3) is 0 Å². The van der Waals surface area contributed by atoms with Crippen molar-refractivity contribution in [2.75, 3.05) is 19.6 Å². The van der Waals surface area contributed by atoms with Crippen LogP contribution in [0.1, 0.15) is 12.0 Å². The lowest BCUT2D eigenvalue weighted by atomic mass is 10.0. The Kier molecular flexibility index (Phi) is 4.01. The van der Waals surface area contributed by atoms with Crippen molar-refractivity contribution in [1.82, 2.24) is 10.6 Å². The van der Waals surface area contributed by atoms with Gasteiger partial charge in [0, 0.05) is 13.1 Å². The second-order valence-corrected chi connectivity index (χ2v) is 4.89. The Hall–Kier alpha value is -1.66. The fourth-order valence-corrected chi connectivity index (χ4v) is 2.05. The van der Waals surface area contributed by atoms with Crippen molar-refractivity contribution in [2.45, 2.75) is 18.4 Å². The molecule has 0 radical (unpaired) electrons. The summed E-state index contributed by atoms with van der Waals surface area (Å²) in [6, 6.07) is 3.83. The first-order chi connectivity index (χ1) is 8.98. The summed E-state index contributed by atoms with van der Waals surface area (Å²) >= 11 is 0. The van der Waals surface area contributed by atoms with E-state index in [0.717, 1.165) is 12.6 Å². The van der Waals surface area contributed by atoms with Crippen LogP contribution in [0.15, 0.2) is 18.2 Å². The van der Waals surface area contributed by atoms with Crippen LogP contribution in [0, 0.1) is 5.82 Å².